The number of pyridine rings is 1. The van der Waals surface area contributed by atoms with E-state index in [2.05, 4.69) is 20.2 Å². The first-order chi connectivity index (χ1) is 26.2. The molecule has 4 aliphatic rings. The molecular weight excluding hydrogens is 791 g/mol. The van der Waals surface area contributed by atoms with Crippen molar-refractivity contribution in [3.63, 3.8) is 0 Å². The molecule has 0 saturated carbocycles. The number of piperazine rings is 1. The summed E-state index contributed by atoms with van der Waals surface area (Å²) in [5, 5.41) is 20.4. The largest absolute Gasteiger partial charge is 0.490 e. The quantitative estimate of drug-likeness (QED) is 0.178. The second-order valence-electron chi connectivity index (χ2n) is 13.9. The zero-order chi connectivity index (χ0) is 40.8. The van der Waals surface area contributed by atoms with Crippen molar-refractivity contribution in [1.29, 1.82) is 0 Å². The highest BCUT2D eigenvalue weighted by molar-refractivity contribution is 6.36. The van der Waals surface area contributed by atoms with Gasteiger partial charge in [-0.2, -0.15) is 36.3 Å². The molecule has 4 aliphatic heterocycles. The van der Waals surface area contributed by atoms with Crippen LogP contribution in [0.4, 0.5) is 45.3 Å². The number of aliphatic carboxylic acids is 2. The van der Waals surface area contributed by atoms with E-state index in [1.807, 2.05) is 29.2 Å². The van der Waals surface area contributed by atoms with Crippen LogP contribution in [0.5, 0.6) is 6.01 Å². The van der Waals surface area contributed by atoms with Gasteiger partial charge in [0.25, 0.3) is 5.92 Å². The molecule has 11 nitrogen and oxygen atoms in total. The average molecular weight is 823 g/mol. The van der Waals surface area contributed by atoms with E-state index in [4.69, 9.17) is 41.1 Å². The summed E-state index contributed by atoms with van der Waals surface area (Å²) in [7, 11) is 0. The van der Waals surface area contributed by atoms with Crippen LogP contribution in [0.3, 0.4) is 0 Å². The first-order valence-electron chi connectivity index (χ1n) is 17.1. The first kappa shape index (κ1) is 41.0. The molecule has 0 amide bonds. The lowest BCUT2D eigenvalue weighted by Crippen LogP contribution is -2.51. The van der Waals surface area contributed by atoms with Gasteiger partial charge in [-0.15, -0.1) is 0 Å². The number of nitrogens with zero attached hydrogens (tertiary/aromatic N) is 5. The maximum absolute atomic E-state index is 16.6. The summed E-state index contributed by atoms with van der Waals surface area (Å²) in [4.78, 5) is 35.7. The molecule has 3 atom stereocenters. The van der Waals surface area contributed by atoms with Crippen molar-refractivity contribution in [2.45, 2.75) is 68.0 Å². The summed E-state index contributed by atoms with van der Waals surface area (Å²) in [5.41, 5.74) is 0.0206. The zero-order valence-electron chi connectivity index (χ0n) is 28.9. The number of carboxylic acid groups (broad SMARTS) is 2. The van der Waals surface area contributed by atoms with Crippen molar-refractivity contribution >= 4 is 51.0 Å². The normalized spacial score (nSPS) is 22.9. The Kier molecular flexibility index (Phi) is 11.2. The molecule has 0 radical (unpaired) electrons. The van der Waals surface area contributed by atoms with Crippen LogP contribution >= 0.6 is 11.6 Å². The van der Waals surface area contributed by atoms with Crippen molar-refractivity contribution in [2.75, 3.05) is 37.7 Å². The second kappa shape index (κ2) is 15.3. The minimum atomic E-state index is -5.08. The Hall–Kier alpha value is -4.69. The SMILES string of the molecule is Fc1c(-c2cccc3cccc(Cl)c23)ncc2c(N3C[C@H]4CC[C@@H](C3)N4)nc(OCC34CCCN3CC(F)(F)C4)nc12.O=C(O)C(F)(F)F.O=C(O)C(F)(F)F. The molecule has 2 bridgehead atoms. The number of anilines is 1. The van der Waals surface area contributed by atoms with Crippen LogP contribution < -0.4 is 15.0 Å². The molecule has 1 unspecified atom stereocenters. The van der Waals surface area contributed by atoms with Crippen molar-refractivity contribution in [1.82, 2.24) is 25.2 Å². The molecule has 302 valence electrons. The molecular formula is C35H32ClF9N6O5. The number of carboxylic acids is 2. The minimum absolute atomic E-state index is 0.00757. The van der Waals surface area contributed by atoms with Crippen molar-refractivity contribution in [2.24, 2.45) is 0 Å². The maximum Gasteiger partial charge on any atom is 0.490 e. The van der Waals surface area contributed by atoms with Crippen LogP contribution in [0.1, 0.15) is 32.1 Å². The van der Waals surface area contributed by atoms with Gasteiger partial charge in [-0.1, -0.05) is 41.9 Å². The number of aromatic nitrogens is 3. The molecule has 4 aromatic rings. The molecule has 21 heteroatoms. The van der Waals surface area contributed by atoms with Crippen LogP contribution in [0, 0.1) is 5.82 Å². The molecule has 8 rings (SSSR count). The van der Waals surface area contributed by atoms with Gasteiger partial charge in [0.05, 0.1) is 17.5 Å². The molecule has 2 aromatic heterocycles. The Morgan fingerprint density at radius 2 is 1.57 bits per heavy atom. The molecule has 0 spiro atoms. The predicted molar refractivity (Wildman–Crippen MR) is 183 cm³/mol. The summed E-state index contributed by atoms with van der Waals surface area (Å²) in [6.45, 7) is 1.81. The summed E-state index contributed by atoms with van der Waals surface area (Å²) >= 11 is 6.57. The summed E-state index contributed by atoms with van der Waals surface area (Å²) in [6, 6.07) is 11.8. The number of hydrogen-bond donors (Lipinski definition) is 3. The van der Waals surface area contributed by atoms with Gasteiger partial charge in [0.15, 0.2) is 5.82 Å². The summed E-state index contributed by atoms with van der Waals surface area (Å²) in [6.07, 6.45) is -5.21. The first-order valence-corrected chi connectivity index (χ1v) is 17.5. The fourth-order valence-corrected chi connectivity index (χ4v) is 7.93. The van der Waals surface area contributed by atoms with Gasteiger partial charge in [-0.3, -0.25) is 9.88 Å². The fourth-order valence-electron chi connectivity index (χ4n) is 7.65. The number of alkyl halides is 8. The Balaban J connectivity index is 0.000000326. The lowest BCUT2D eigenvalue weighted by atomic mass is 9.94. The average Bonchev–Trinajstić information content (AvgIpc) is 3.74. The van der Waals surface area contributed by atoms with Crippen molar-refractivity contribution in [3.05, 3.63) is 53.4 Å². The van der Waals surface area contributed by atoms with Gasteiger partial charge in [0.1, 0.15) is 23.6 Å². The molecule has 3 N–H and O–H groups in total. The number of nitrogens with one attached hydrogen (secondary N) is 1. The van der Waals surface area contributed by atoms with Gasteiger partial charge in [-0.05, 0) is 43.7 Å². The van der Waals surface area contributed by atoms with Gasteiger partial charge < -0.3 is 25.2 Å². The number of carbonyl (C=O) groups is 2. The Labute approximate surface area is 316 Å². The van der Waals surface area contributed by atoms with E-state index < -0.39 is 41.6 Å². The summed E-state index contributed by atoms with van der Waals surface area (Å²) < 4.78 is 115. The van der Waals surface area contributed by atoms with E-state index in [9.17, 15) is 35.1 Å². The van der Waals surface area contributed by atoms with Crippen molar-refractivity contribution < 1.29 is 64.1 Å². The van der Waals surface area contributed by atoms with Gasteiger partial charge in [0.2, 0.25) is 0 Å². The predicted octanol–water partition coefficient (Wildman–Crippen LogP) is 7.10. The van der Waals surface area contributed by atoms with E-state index in [1.54, 1.807) is 18.3 Å². The highest BCUT2D eigenvalue weighted by Crippen LogP contribution is 2.46. The zero-order valence-corrected chi connectivity index (χ0v) is 29.7. The third-order valence-corrected chi connectivity index (χ3v) is 10.3. The highest BCUT2D eigenvalue weighted by atomic mass is 35.5. The maximum atomic E-state index is 16.6. The molecule has 4 saturated heterocycles. The number of hydrogen-bond acceptors (Lipinski definition) is 9. The summed E-state index contributed by atoms with van der Waals surface area (Å²) in [5.74, 6) is -8.31. The third-order valence-electron chi connectivity index (χ3n) is 9.97. The standard InChI is InChI=1S/C31H30ClF3N6O.2C2HF3O2/c32-23-7-2-5-18-4-1-6-21(24(18)23)26-25(33)27-22(12-36-26)28(40-13-19-8-9-20(14-40)37-19)39-29(38-27)42-17-30-10-3-11-41(30)16-31(34,35)15-30;2*3-2(4,5)1(6)7/h1-2,4-7,12,19-20,37H,3,8-11,13-17H2;2*(H,6,7)/t19-,20+,30?;;. The van der Waals surface area contributed by atoms with Crippen LogP contribution in [-0.2, 0) is 9.59 Å². The van der Waals surface area contributed by atoms with Crippen LogP contribution in [0.15, 0.2) is 42.6 Å². The third kappa shape index (κ3) is 8.66. The number of benzene rings is 2. The minimum Gasteiger partial charge on any atom is -0.475 e. The van der Waals surface area contributed by atoms with Crippen LogP contribution in [-0.4, -0.2) is 111 Å². The van der Waals surface area contributed by atoms with Crippen molar-refractivity contribution in [3.8, 4) is 17.3 Å². The number of fused-ring (bicyclic) bond motifs is 5. The lowest BCUT2D eigenvalue weighted by Gasteiger charge is -2.34. The number of ether oxygens (including phenoxy) is 1. The molecule has 6 heterocycles. The molecule has 0 aliphatic carbocycles. The Bertz CT molecular complexity index is 2100. The van der Waals surface area contributed by atoms with E-state index in [0.29, 0.717) is 65.3 Å². The van der Waals surface area contributed by atoms with Gasteiger partial charge in [-0.25, -0.2) is 22.8 Å². The molecule has 56 heavy (non-hydrogen) atoms. The number of rotatable bonds is 5. The molecule has 4 fully saturated rings. The van der Waals surface area contributed by atoms with Gasteiger partial charge in [0, 0.05) is 53.8 Å². The van der Waals surface area contributed by atoms with Crippen LogP contribution in [0.25, 0.3) is 32.9 Å². The Morgan fingerprint density at radius 3 is 2.18 bits per heavy atom. The molecule has 2 aromatic carbocycles. The van der Waals surface area contributed by atoms with E-state index in [-0.39, 0.29) is 36.8 Å². The monoisotopic (exact) mass is 822 g/mol. The fraction of sp³-hybridized carbons (Fsp3) is 0.457. The van der Waals surface area contributed by atoms with E-state index in [0.717, 1.165) is 24.6 Å². The Morgan fingerprint density at radius 1 is 0.964 bits per heavy atom. The van der Waals surface area contributed by atoms with E-state index >= 15 is 4.39 Å². The topological polar surface area (TPSA) is 141 Å². The van der Waals surface area contributed by atoms with Crippen LogP contribution in [0.2, 0.25) is 5.02 Å². The van der Waals surface area contributed by atoms with Gasteiger partial charge >= 0.3 is 30.3 Å². The highest BCUT2D eigenvalue weighted by Gasteiger charge is 2.57. The van der Waals surface area contributed by atoms with E-state index in [1.165, 1.54) is 0 Å². The number of halogens is 10. The second-order valence-corrected chi connectivity index (χ2v) is 14.3. The lowest BCUT2D eigenvalue weighted by molar-refractivity contribution is -0.193. The smallest absolute Gasteiger partial charge is 0.475 e.